The summed E-state index contributed by atoms with van der Waals surface area (Å²) >= 11 is 0. The van der Waals surface area contributed by atoms with Crippen LogP contribution in [0.2, 0.25) is 0 Å². The fraction of sp³-hybridized carbons (Fsp3) is 0.357. The molecule has 0 bridgehead atoms. The third kappa shape index (κ3) is 3.79. The molecule has 0 unspecified atom stereocenters. The standard InChI is InChI=1S/C14H15FN2O3/c1-14(2,13(20)17-4-3-12(18)19)10-5-9(8-16)6-11(15)7-10/h5-7H,3-4H2,1-2H3,(H,17,20)(H,18,19). The van der Waals surface area contributed by atoms with Crippen molar-refractivity contribution in [3.8, 4) is 6.07 Å². The fourth-order valence-corrected chi connectivity index (χ4v) is 1.65. The maximum Gasteiger partial charge on any atom is 0.305 e. The molecule has 5 nitrogen and oxygen atoms in total. The van der Waals surface area contributed by atoms with Gasteiger partial charge in [-0.2, -0.15) is 5.26 Å². The van der Waals surface area contributed by atoms with Crippen molar-refractivity contribution in [2.75, 3.05) is 6.54 Å². The molecule has 6 heteroatoms. The molecule has 1 aromatic rings. The van der Waals surface area contributed by atoms with E-state index in [9.17, 15) is 14.0 Å². The number of carboxylic acid groups (broad SMARTS) is 1. The highest BCUT2D eigenvalue weighted by molar-refractivity contribution is 5.87. The van der Waals surface area contributed by atoms with E-state index in [0.29, 0.717) is 5.56 Å². The Morgan fingerprint density at radius 1 is 1.40 bits per heavy atom. The van der Waals surface area contributed by atoms with Gasteiger partial charge in [0.25, 0.3) is 0 Å². The first-order valence-electron chi connectivity index (χ1n) is 5.98. The van der Waals surface area contributed by atoms with Crippen LogP contribution in [0, 0.1) is 17.1 Å². The topological polar surface area (TPSA) is 90.2 Å². The van der Waals surface area contributed by atoms with E-state index < -0.39 is 23.1 Å². The number of nitrogens with zero attached hydrogens (tertiary/aromatic N) is 1. The van der Waals surface area contributed by atoms with E-state index in [1.807, 2.05) is 6.07 Å². The van der Waals surface area contributed by atoms with Crippen molar-refractivity contribution in [2.24, 2.45) is 0 Å². The molecule has 0 aliphatic rings. The molecule has 1 rings (SSSR count). The van der Waals surface area contributed by atoms with Gasteiger partial charge in [0.2, 0.25) is 5.91 Å². The summed E-state index contributed by atoms with van der Waals surface area (Å²) < 4.78 is 13.4. The summed E-state index contributed by atoms with van der Waals surface area (Å²) in [6.07, 6.45) is -0.186. The zero-order valence-electron chi connectivity index (χ0n) is 11.2. The Balaban J connectivity index is 2.92. The van der Waals surface area contributed by atoms with E-state index in [1.54, 1.807) is 13.8 Å². The average Bonchev–Trinajstić information content (AvgIpc) is 2.37. The maximum absolute atomic E-state index is 13.4. The van der Waals surface area contributed by atoms with Gasteiger partial charge in [-0.15, -0.1) is 0 Å². The lowest BCUT2D eigenvalue weighted by Crippen LogP contribution is -2.41. The Bertz CT molecular complexity index is 576. The molecule has 0 heterocycles. The lowest BCUT2D eigenvalue weighted by atomic mass is 9.83. The van der Waals surface area contributed by atoms with Crippen LogP contribution in [0.3, 0.4) is 0 Å². The number of rotatable bonds is 5. The molecule has 0 atom stereocenters. The molecule has 0 saturated carbocycles. The molecule has 0 saturated heterocycles. The summed E-state index contributed by atoms with van der Waals surface area (Å²) in [5.41, 5.74) is -0.570. The highest BCUT2D eigenvalue weighted by Crippen LogP contribution is 2.25. The van der Waals surface area contributed by atoms with Crippen molar-refractivity contribution in [2.45, 2.75) is 25.7 Å². The molecule has 0 radical (unpaired) electrons. The highest BCUT2D eigenvalue weighted by Gasteiger charge is 2.30. The highest BCUT2D eigenvalue weighted by atomic mass is 19.1. The average molecular weight is 278 g/mol. The van der Waals surface area contributed by atoms with Gasteiger partial charge < -0.3 is 10.4 Å². The molecule has 0 aliphatic heterocycles. The Morgan fingerprint density at radius 3 is 2.60 bits per heavy atom. The van der Waals surface area contributed by atoms with Crippen LogP contribution in [0.4, 0.5) is 4.39 Å². The number of nitrogens with one attached hydrogen (secondary N) is 1. The summed E-state index contributed by atoms with van der Waals surface area (Å²) in [7, 11) is 0. The van der Waals surface area contributed by atoms with Crippen molar-refractivity contribution < 1.29 is 19.1 Å². The lowest BCUT2D eigenvalue weighted by Gasteiger charge is -2.24. The van der Waals surface area contributed by atoms with Gasteiger partial charge >= 0.3 is 5.97 Å². The first-order valence-corrected chi connectivity index (χ1v) is 5.98. The third-order valence-corrected chi connectivity index (χ3v) is 2.94. The predicted molar refractivity (Wildman–Crippen MR) is 69.4 cm³/mol. The van der Waals surface area contributed by atoms with Crippen molar-refractivity contribution in [1.82, 2.24) is 5.32 Å². The molecular weight excluding hydrogens is 263 g/mol. The number of nitriles is 1. The fourth-order valence-electron chi connectivity index (χ4n) is 1.65. The first kappa shape index (κ1) is 15.6. The molecule has 0 aliphatic carbocycles. The van der Waals surface area contributed by atoms with Gasteiger partial charge in [0.15, 0.2) is 0 Å². The van der Waals surface area contributed by atoms with Gasteiger partial charge in [0.1, 0.15) is 5.82 Å². The summed E-state index contributed by atoms with van der Waals surface area (Å²) in [5, 5.41) is 19.8. The predicted octanol–water partition coefficient (Wildman–Crippen LogP) is 1.57. The molecule has 20 heavy (non-hydrogen) atoms. The van der Waals surface area contributed by atoms with Gasteiger partial charge in [-0.1, -0.05) is 0 Å². The third-order valence-electron chi connectivity index (χ3n) is 2.94. The van der Waals surface area contributed by atoms with E-state index in [4.69, 9.17) is 10.4 Å². The largest absolute Gasteiger partial charge is 0.481 e. The van der Waals surface area contributed by atoms with Crippen LogP contribution in [0.25, 0.3) is 0 Å². The monoisotopic (exact) mass is 278 g/mol. The number of hydrogen-bond acceptors (Lipinski definition) is 3. The van der Waals surface area contributed by atoms with Crippen LogP contribution < -0.4 is 5.32 Å². The number of carbonyl (C=O) groups is 2. The Morgan fingerprint density at radius 2 is 2.05 bits per heavy atom. The van der Waals surface area contributed by atoms with E-state index in [0.717, 1.165) is 6.07 Å². The molecule has 1 aromatic carbocycles. The number of carboxylic acids is 1. The maximum atomic E-state index is 13.4. The van der Waals surface area contributed by atoms with E-state index in [2.05, 4.69) is 5.32 Å². The molecule has 1 amide bonds. The number of amides is 1. The number of carbonyl (C=O) groups excluding carboxylic acids is 1. The van der Waals surface area contributed by atoms with Crippen LogP contribution in [-0.2, 0) is 15.0 Å². The molecule has 0 aromatic heterocycles. The Kier molecular flexibility index (Phi) is 4.81. The van der Waals surface area contributed by atoms with E-state index in [-0.39, 0.29) is 18.5 Å². The second-order valence-electron chi connectivity index (χ2n) is 4.87. The Labute approximate surface area is 116 Å². The summed E-state index contributed by atoms with van der Waals surface area (Å²) in [5.74, 6) is -2.03. The van der Waals surface area contributed by atoms with Gasteiger partial charge in [0.05, 0.1) is 23.5 Å². The van der Waals surface area contributed by atoms with Crippen LogP contribution in [-0.4, -0.2) is 23.5 Å². The molecule has 2 N–H and O–H groups in total. The van der Waals surface area contributed by atoms with Gasteiger partial charge in [-0.05, 0) is 37.6 Å². The van der Waals surface area contributed by atoms with Crippen molar-refractivity contribution in [3.63, 3.8) is 0 Å². The number of aliphatic carboxylic acids is 1. The lowest BCUT2D eigenvalue weighted by molar-refractivity contribution is -0.137. The smallest absolute Gasteiger partial charge is 0.305 e. The summed E-state index contributed by atoms with van der Waals surface area (Å²) in [6.45, 7) is 3.16. The van der Waals surface area contributed by atoms with E-state index in [1.165, 1.54) is 12.1 Å². The van der Waals surface area contributed by atoms with Crippen molar-refractivity contribution in [3.05, 3.63) is 35.1 Å². The second-order valence-corrected chi connectivity index (χ2v) is 4.87. The minimum Gasteiger partial charge on any atom is -0.481 e. The minimum absolute atomic E-state index is 0.00196. The van der Waals surface area contributed by atoms with Gasteiger partial charge in [-0.3, -0.25) is 9.59 Å². The van der Waals surface area contributed by atoms with Crippen molar-refractivity contribution in [1.29, 1.82) is 5.26 Å². The van der Waals surface area contributed by atoms with Crippen LogP contribution >= 0.6 is 0 Å². The SMILES string of the molecule is CC(C)(C(=O)NCCC(=O)O)c1cc(F)cc(C#N)c1. The second kappa shape index (κ2) is 6.15. The van der Waals surface area contributed by atoms with E-state index >= 15 is 0 Å². The zero-order valence-corrected chi connectivity index (χ0v) is 11.2. The van der Waals surface area contributed by atoms with Crippen LogP contribution in [0.15, 0.2) is 18.2 Å². The number of hydrogen-bond donors (Lipinski definition) is 2. The number of benzene rings is 1. The first-order chi connectivity index (χ1) is 9.27. The Hall–Kier alpha value is -2.42. The molecule has 0 spiro atoms. The quantitative estimate of drug-likeness (QED) is 0.855. The summed E-state index contributed by atoms with van der Waals surface area (Å²) in [4.78, 5) is 22.4. The summed E-state index contributed by atoms with van der Waals surface area (Å²) in [6, 6.07) is 5.55. The van der Waals surface area contributed by atoms with Gasteiger partial charge in [-0.25, -0.2) is 4.39 Å². The van der Waals surface area contributed by atoms with Crippen LogP contribution in [0.1, 0.15) is 31.4 Å². The van der Waals surface area contributed by atoms with Crippen LogP contribution in [0.5, 0.6) is 0 Å². The molecule has 106 valence electrons. The van der Waals surface area contributed by atoms with Gasteiger partial charge in [0, 0.05) is 6.54 Å². The van der Waals surface area contributed by atoms with Crippen molar-refractivity contribution >= 4 is 11.9 Å². The molecule has 0 fully saturated rings. The normalized spacial score (nSPS) is 10.7. The minimum atomic E-state index is -1.06. The molecular formula is C14H15FN2O3. The number of halogens is 1. The zero-order chi connectivity index (χ0) is 15.3.